The SMILES string of the molecule is N/C(Cl)=C\N(N)c1ccc(Cl)cc1C1=CC(=O)N(C(Cc2ccccc2)C(=O)Nc2ccc(C(=O)O)cc2)CC1. The first-order valence-electron chi connectivity index (χ1n) is 12.3. The third-order valence-electron chi connectivity index (χ3n) is 6.40. The van der Waals surface area contributed by atoms with Crippen LogP contribution in [0.2, 0.25) is 5.02 Å². The smallest absolute Gasteiger partial charge is 0.335 e. The van der Waals surface area contributed by atoms with E-state index in [0.717, 1.165) is 5.56 Å². The predicted octanol–water partition coefficient (Wildman–Crippen LogP) is 4.58. The molecule has 2 amide bonds. The van der Waals surface area contributed by atoms with Crippen LogP contribution in [-0.4, -0.2) is 40.4 Å². The molecule has 0 bridgehead atoms. The lowest BCUT2D eigenvalue weighted by atomic mass is 9.95. The molecule has 4 rings (SSSR count). The topological polar surface area (TPSA) is 142 Å². The van der Waals surface area contributed by atoms with Crippen LogP contribution in [-0.2, 0) is 16.0 Å². The normalized spacial score (nSPS) is 14.4. The molecule has 0 radical (unpaired) electrons. The number of amides is 2. The molecular formula is C29H27Cl2N5O4. The zero-order valence-electron chi connectivity index (χ0n) is 21.3. The van der Waals surface area contributed by atoms with Gasteiger partial charge in [0, 0.05) is 35.3 Å². The van der Waals surface area contributed by atoms with Gasteiger partial charge in [-0.1, -0.05) is 53.5 Å². The van der Waals surface area contributed by atoms with E-state index in [4.69, 9.17) is 39.9 Å². The Hall–Kier alpha value is -4.31. The third-order valence-corrected chi connectivity index (χ3v) is 6.73. The first kappa shape index (κ1) is 28.7. The van der Waals surface area contributed by atoms with Gasteiger partial charge in [-0.05, 0) is 60.0 Å². The van der Waals surface area contributed by atoms with E-state index in [9.17, 15) is 14.4 Å². The van der Waals surface area contributed by atoms with E-state index in [0.29, 0.717) is 34.0 Å². The molecule has 40 heavy (non-hydrogen) atoms. The second kappa shape index (κ2) is 12.7. The van der Waals surface area contributed by atoms with Gasteiger partial charge < -0.3 is 21.1 Å². The van der Waals surface area contributed by atoms with Crippen molar-refractivity contribution in [2.75, 3.05) is 16.9 Å². The van der Waals surface area contributed by atoms with Crippen molar-refractivity contribution in [1.82, 2.24) is 4.90 Å². The number of carboxylic acids is 1. The maximum Gasteiger partial charge on any atom is 0.335 e. The number of aromatic carboxylic acids is 1. The monoisotopic (exact) mass is 579 g/mol. The molecule has 1 heterocycles. The second-order valence-electron chi connectivity index (χ2n) is 9.11. The summed E-state index contributed by atoms with van der Waals surface area (Å²) in [7, 11) is 0. The average molecular weight is 580 g/mol. The molecule has 0 fully saturated rings. The molecule has 206 valence electrons. The largest absolute Gasteiger partial charge is 0.478 e. The number of carboxylic acid groups (broad SMARTS) is 1. The minimum atomic E-state index is -1.07. The number of nitrogens with one attached hydrogen (secondary N) is 1. The van der Waals surface area contributed by atoms with Gasteiger partial charge in [0.1, 0.15) is 11.2 Å². The Balaban J connectivity index is 1.63. The van der Waals surface area contributed by atoms with Gasteiger partial charge in [-0.2, -0.15) is 0 Å². The van der Waals surface area contributed by atoms with Crippen LogP contribution in [0.3, 0.4) is 0 Å². The van der Waals surface area contributed by atoms with Gasteiger partial charge >= 0.3 is 5.97 Å². The Morgan fingerprint density at radius 2 is 1.80 bits per heavy atom. The Morgan fingerprint density at radius 3 is 2.42 bits per heavy atom. The van der Waals surface area contributed by atoms with Gasteiger partial charge in [-0.25, -0.2) is 10.6 Å². The Morgan fingerprint density at radius 1 is 1.10 bits per heavy atom. The first-order chi connectivity index (χ1) is 19.1. The minimum Gasteiger partial charge on any atom is -0.478 e. The molecule has 0 saturated carbocycles. The Labute approximate surface area is 241 Å². The molecule has 0 aromatic heterocycles. The Bertz CT molecular complexity index is 1470. The van der Waals surface area contributed by atoms with E-state index in [-0.39, 0.29) is 29.6 Å². The quantitative estimate of drug-likeness (QED) is 0.165. The first-order valence-corrected chi connectivity index (χ1v) is 13.0. The summed E-state index contributed by atoms with van der Waals surface area (Å²) in [6, 6.07) is 19.5. The van der Waals surface area contributed by atoms with Gasteiger partial charge in [0.15, 0.2) is 0 Å². The van der Waals surface area contributed by atoms with Crippen LogP contribution in [0.4, 0.5) is 11.4 Å². The number of carbonyl (C=O) groups is 3. The highest BCUT2D eigenvalue weighted by atomic mass is 35.5. The number of carbonyl (C=O) groups excluding carboxylic acids is 2. The third kappa shape index (κ3) is 7.01. The van der Waals surface area contributed by atoms with Gasteiger partial charge in [-0.3, -0.25) is 14.6 Å². The lowest BCUT2D eigenvalue weighted by Gasteiger charge is -2.34. The summed E-state index contributed by atoms with van der Waals surface area (Å²) >= 11 is 12.1. The molecule has 6 N–H and O–H groups in total. The summed E-state index contributed by atoms with van der Waals surface area (Å²) in [4.78, 5) is 39.7. The zero-order chi connectivity index (χ0) is 28.8. The highest BCUT2D eigenvalue weighted by Crippen LogP contribution is 2.34. The van der Waals surface area contributed by atoms with Crippen LogP contribution in [0, 0.1) is 0 Å². The molecule has 9 nitrogen and oxygen atoms in total. The molecule has 3 aromatic rings. The molecule has 0 spiro atoms. The van der Waals surface area contributed by atoms with Crippen LogP contribution in [0.15, 0.2) is 90.2 Å². The standard InChI is InChI=1S/C29H27Cl2N5O4/c30-21-8-11-24(36(33)17-26(31)32)23(16-21)20-12-13-35(27(37)15-20)25(14-18-4-2-1-3-5-18)28(38)34-22-9-6-19(7-10-22)29(39)40/h1-11,15-17,25H,12-14,32-33H2,(H,34,38)(H,39,40)/b26-17-. The van der Waals surface area contributed by atoms with E-state index in [2.05, 4.69) is 5.32 Å². The summed E-state index contributed by atoms with van der Waals surface area (Å²) in [5.74, 6) is 4.33. The molecule has 1 aliphatic heterocycles. The average Bonchev–Trinajstić information content (AvgIpc) is 2.92. The summed E-state index contributed by atoms with van der Waals surface area (Å²) in [5.41, 5.74) is 8.85. The number of halogens is 2. The van der Waals surface area contributed by atoms with Gasteiger partial charge in [0.05, 0.1) is 17.5 Å². The highest BCUT2D eigenvalue weighted by molar-refractivity contribution is 6.31. The lowest BCUT2D eigenvalue weighted by Crippen LogP contribution is -2.49. The number of rotatable bonds is 9. The summed E-state index contributed by atoms with van der Waals surface area (Å²) < 4.78 is 0. The fourth-order valence-electron chi connectivity index (χ4n) is 4.47. The van der Waals surface area contributed by atoms with E-state index in [1.807, 2.05) is 30.3 Å². The van der Waals surface area contributed by atoms with Crippen molar-refractivity contribution < 1.29 is 19.5 Å². The van der Waals surface area contributed by atoms with Crippen LogP contribution >= 0.6 is 23.2 Å². The van der Waals surface area contributed by atoms with Gasteiger partial charge in [0.25, 0.3) is 0 Å². The predicted molar refractivity (Wildman–Crippen MR) is 157 cm³/mol. The zero-order valence-corrected chi connectivity index (χ0v) is 22.8. The van der Waals surface area contributed by atoms with Gasteiger partial charge in [-0.15, -0.1) is 0 Å². The summed E-state index contributed by atoms with van der Waals surface area (Å²) in [5, 5.41) is 13.7. The number of benzene rings is 3. The Kier molecular flexibility index (Phi) is 9.11. The lowest BCUT2D eigenvalue weighted by molar-refractivity contribution is -0.135. The molecule has 0 aliphatic carbocycles. The maximum atomic E-state index is 13.5. The molecule has 1 aliphatic rings. The van der Waals surface area contributed by atoms with Gasteiger partial charge in [0.2, 0.25) is 11.8 Å². The molecule has 1 atom stereocenters. The fourth-order valence-corrected chi connectivity index (χ4v) is 4.75. The molecular weight excluding hydrogens is 553 g/mol. The summed E-state index contributed by atoms with van der Waals surface area (Å²) in [6.45, 7) is 0.261. The van der Waals surface area contributed by atoms with Crippen molar-refractivity contribution in [3.8, 4) is 0 Å². The maximum absolute atomic E-state index is 13.5. The van der Waals surface area contributed by atoms with Crippen LogP contribution in [0.1, 0.15) is 27.9 Å². The van der Waals surface area contributed by atoms with Crippen molar-refractivity contribution >= 4 is 57.9 Å². The van der Waals surface area contributed by atoms with E-state index in [1.54, 1.807) is 18.2 Å². The number of hydrazine groups is 1. The number of anilines is 2. The number of hydrogen-bond donors (Lipinski definition) is 4. The van der Waals surface area contributed by atoms with Crippen molar-refractivity contribution in [1.29, 1.82) is 0 Å². The number of nitrogens with two attached hydrogens (primary N) is 2. The van der Waals surface area contributed by atoms with Crippen molar-refractivity contribution in [3.05, 3.63) is 112 Å². The number of hydrogen-bond acceptors (Lipinski definition) is 6. The molecule has 11 heteroatoms. The van der Waals surface area contributed by atoms with E-state index >= 15 is 0 Å². The molecule has 0 saturated heterocycles. The van der Waals surface area contributed by atoms with Crippen molar-refractivity contribution in [2.24, 2.45) is 11.6 Å². The van der Waals surface area contributed by atoms with Crippen molar-refractivity contribution in [3.63, 3.8) is 0 Å². The summed E-state index contributed by atoms with van der Waals surface area (Å²) in [6.07, 6.45) is 3.54. The van der Waals surface area contributed by atoms with Crippen LogP contribution in [0.25, 0.3) is 5.57 Å². The van der Waals surface area contributed by atoms with Crippen LogP contribution < -0.4 is 21.9 Å². The fraction of sp³-hybridized carbons (Fsp3) is 0.138. The van der Waals surface area contributed by atoms with E-state index < -0.39 is 17.9 Å². The van der Waals surface area contributed by atoms with Crippen LogP contribution in [0.5, 0.6) is 0 Å². The van der Waals surface area contributed by atoms with Crippen molar-refractivity contribution in [2.45, 2.75) is 18.9 Å². The minimum absolute atomic E-state index is 0.0179. The second-order valence-corrected chi connectivity index (χ2v) is 9.98. The highest BCUT2D eigenvalue weighted by Gasteiger charge is 2.32. The number of nitrogens with zero attached hydrogens (tertiary/aromatic N) is 2. The molecule has 3 aromatic carbocycles. The molecule has 1 unspecified atom stereocenters. The van der Waals surface area contributed by atoms with E-state index in [1.165, 1.54) is 46.5 Å².